The van der Waals surface area contributed by atoms with Gasteiger partial charge in [0.05, 0.1) is 16.7 Å². The van der Waals surface area contributed by atoms with Crippen LogP contribution in [0.25, 0.3) is 21.8 Å². The maximum absolute atomic E-state index is 12.7. The summed E-state index contributed by atoms with van der Waals surface area (Å²) in [4.78, 5) is 30.8. The van der Waals surface area contributed by atoms with Gasteiger partial charge < -0.3 is 9.88 Å². The van der Waals surface area contributed by atoms with Crippen molar-refractivity contribution in [3.63, 3.8) is 0 Å². The van der Waals surface area contributed by atoms with E-state index in [0.717, 1.165) is 21.6 Å². The number of hydrogen-bond acceptors (Lipinski definition) is 4. The Balaban J connectivity index is 1.80. The van der Waals surface area contributed by atoms with Crippen LogP contribution in [0.4, 0.5) is 5.13 Å². The van der Waals surface area contributed by atoms with Crippen molar-refractivity contribution in [3.8, 4) is 0 Å². The number of benzene rings is 2. The predicted molar refractivity (Wildman–Crippen MR) is 106 cm³/mol. The highest BCUT2D eigenvalue weighted by atomic mass is 32.1. The third-order valence-electron chi connectivity index (χ3n) is 4.46. The van der Waals surface area contributed by atoms with Gasteiger partial charge in [0, 0.05) is 15.6 Å². The van der Waals surface area contributed by atoms with E-state index in [2.05, 4.69) is 10.3 Å². The van der Waals surface area contributed by atoms with Crippen LogP contribution in [0.5, 0.6) is 0 Å². The number of amides is 1. The zero-order valence-corrected chi connectivity index (χ0v) is 15.3. The predicted octanol–water partition coefficient (Wildman–Crippen LogP) is 3.87. The van der Waals surface area contributed by atoms with Gasteiger partial charge >= 0.3 is 0 Å². The molecule has 5 nitrogen and oxygen atoms in total. The van der Waals surface area contributed by atoms with Crippen molar-refractivity contribution >= 4 is 44.2 Å². The van der Waals surface area contributed by atoms with Gasteiger partial charge in [-0.25, -0.2) is 4.98 Å². The number of aromatic nitrogens is 2. The average Bonchev–Trinajstić information content (AvgIpc) is 2.95. The molecule has 0 unspecified atom stereocenters. The molecule has 2 aromatic heterocycles. The molecule has 26 heavy (non-hydrogen) atoms. The number of anilines is 1. The number of aryl methyl sites for hydroxylation is 2. The van der Waals surface area contributed by atoms with Crippen LogP contribution < -0.4 is 10.7 Å². The molecule has 2 aromatic carbocycles. The van der Waals surface area contributed by atoms with Crippen LogP contribution in [0.2, 0.25) is 0 Å². The van der Waals surface area contributed by atoms with Crippen LogP contribution in [0.15, 0.2) is 53.3 Å². The number of nitrogens with zero attached hydrogens (tertiary/aromatic N) is 2. The summed E-state index contributed by atoms with van der Waals surface area (Å²) < 4.78 is 1.88. The first kappa shape index (κ1) is 16.5. The number of fused-ring (bicyclic) bond motifs is 2. The molecule has 0 aliphatic carbocycles. The Morgan fingerprint density at radius 1 is 1.04 bits per heavy atom. The van der Waals surface area contributed by atoms with E-state index < -0.39 is 0 Å². The number of pyridine rings is 1. The van der Waals surface area contributed by atoms with Crippen LogP contribution in [0.3, 0.4) is 0 Å². The number of thiazole rings is 1. The Labute approximate surface area is 153 Å². The van der Waals surface area contributed by atoms with Gasteiger partial charge in [-0.3, -0.25) is 9.59 Å². The minimum absolute atomic E-state index is 0.0148. The molecule has 1 amide bonds. The Hall–Kier alpha value is -2.99. The van der Waals surface area contributed by atoms with Gasteiger partial charge in [-0.05, 0) is 38.1 Å². The van der Waals surface area contributed by atoms with E-state index in [0.29, 0.717) is 15.9 Å². The van der Waals surface area contributed by atoms with Crippen molar-refractivity contribution < 1.29 is 4.79 Å². The topological polar surface area (TPSA) is 64.0 Å². The van der Waals surface area contributed by atoms with E-state index in [9.17, 15) is 9.59 Å². The fraction of sp³-hybridized carbons (Fsp3) is 0.150. The molecule has 0 spiro atoms. The lowest BCUT2D eigenvalue weighted by Crippen LogP contribution is -2.21. The van der Waals surface area contributed by atoms with E-state index >= 15 is 0 Å². The lowest BCUT2D eigenvalue weighted by atomic mass is 10.1. The van der Waals surface area contributed by atoms with Gasteiger partial charge in [0.15, 0.2) is 10.6 Å². The summed E-state index contributed by atoms with van der Waals surface area (Å²) in [5.41, 5.74) is 2.40. The van der Waals surface area contributed by atoms with E-state index in [1.807, 2.05) is 54.8 Å². The number of hydrogen-bond donors (Lipinski definition) is 1. The standard InChI is InChI=1S/C20H17N3O2S/c1-12-13(2)26-20(21-12)22-18(24)11-23-16-9-5-3-7-14(16)19(25)15-8-4-6-10-17(15)23/h3-10H,11H2,1-2H3,(H,21,22,24). The number of para-hydroxylation sites is 2. The SMILES string of the molecule is Cc1nc(NC(=O)Cn2c3ccccc3c(=O)c3ccccc32)sc1C. The molecular formula is C20H17N3O2S. The molecule has 0 bridgehead atoms. The summed E-state index contributed by atoms with van der Waals surface area (Å²) in [5.74, 6) is -0.169. The quantitative estimate of drug-likeness (QED) is 0.562. The van der Waals surface area contributed by atoms with Gasteiger partial charge in [0.2, 0.25) is 5.91 Å². The molecule has 6 heteroatoms. The third kappa shape index (κ3) is 2.78. The summed E-state index contributed by atoms with van der Waals surface area (Å²) in [6.07, 6.45) is 0. The lowest BCUT2D eigenvalue weighted by molar-refractivity contribution is -0.116. The number of rotatable bonds is 3. The molecule has 0 atom stereocenters. The molecule has 4 rings (SSSR count). The van der Waals surface area contributed by atoms with E-state index in [1.54, 1.807) is 12.1 Å². The summed E-state index contributed by atoms with van der Waals surface area (Å²) in [6.45, 7) is 4.01. The minimum atomic E-state index is -0.169. The lowest BCUT2D eigenvalue weighted by Gasteiger charge is -2.14. The highest BCUT2D eigenvalue weighted by Crippen LogP contribution is 2.22. The summed E-state index contributed by atoms with van der Waals surface area (Å²) in [7, 11) is 0. The first-order valence-corrected chi connectivity index (χ1v) is 9.10. The van der Waals surface area contributed by atoms with Crippen molar-refractivity contribution in [1.82, 2.24) is 9.55 Å². The number of carbonyl (C=O) groups is 1. The average molecular weight is 363 g/mol. The molecule has 4 aromatic rings. The van der Waals surface area contributed by atoms with Crippen LogP contribution in [0.1, 0.15) is 10.6 Å². The third-order valence-corrected chi connectivity index (χ3v) is 5.44. The Bertz CT molecular complexity index is 1130. The highest BCUT2D eigenvalue weighted by molar-refractivity contribution is 7.15. The van der Waals surface area contributed by atoms with Crippen LogP contribution in [0, 0.1) is 13.8 Å². The van der Waals surface area contributed by atoms with Crippen LogP contribution in [-0.4, -0.2) is 15.5 Å². The van der Waals surface area contributed by atoms with Gasteiger partial charge in [-0.2, -0.15) is 0 Å². The molecule has 130 valence electrons. The maximum Gasteiger partial charge on any atom is 0.246 e. The minimum Gasteiger partial charge on any atom is -0.331 e. The largest absolute Gasteiger partial charge is 0.331 e. The number of nitrogens with one attached hydrogen (secondary N) is 1. The van der Waals surface area contributed by atoms with Gasteiger partial charge in [0.1, 0.15) is 6.54 Å². The summed E-state index contributed by atoms with van der Waals surface area (Å²) in [5, 5.41) is 4.68. The van der Waals surface area contributed by atoms with Crippen molar-refractivity contribution in [2.75, 3.05) is 5.32 Å². The highest BCUT2D eigenvalue weighted by Gasteiger charge is 2.14. The Morgan fingerprint density at radius 3 is 2.15 bits per heavy atom. The molecule has 0 radical (unpaired) electrons. The van der Waals surface area contributed by atoms with Crippen LogP contribution >= 0.6 is 11.3 Å². The van der Waals surface area contributed by atoms with Gasteiger partial charge in [-0.15, -0.1) is 11.3 Å². The second-order valence-corrected chi connectivity index (χ2v) is 7.36. The van der Waals surface area contributed by atoms with Crippen molar-refractivity contribution in [2.45, 2.75) is 20.4 Å². The molecule has 0 saturated heterocycles. The second-order valence-electron chi connectivity index (χ2n) is 6.16. The fourth-order valence-electron chi connectivity index (χ4n) is 3.08. The van der Waals surface area contributed by atoms with E-state index in [-0.39, 0.29) is 17.9 Å². The van der Waals surface area contributed by atoms with Crippen molar-refractivity contribution in [3.05, 3.63) is 69.3 Å². The maximum atomic E-state index is 12.7. The zero-order valence-electron chi connectivity index (χ0n) is 14.4. The van der Waals surface area contributed by atoms with Gasteiger partial charge in [-0.1, -0.05) is 24.3 Å². The van der Waals surface area contributed by atoms with Gasteiger partial charge in [0.25, 0.3) is 0 Å². The Morgan fingerprint density at radius 2 is 1.62 bits per heavy atom. The van der Waals surface area contributed by atoms with E-state index in [1.165, 1.54) is 11.3 Å². The molecule has 2 heterocycles. The zero-order chi connectivity index (χ0) is 18.3. The van der Waals surface area contributed by atoms with Crippen LogP contribution in [-0.2, 0) is 11.3 Å². The monoisotopic (exact) mass is 363 g/mol. The second kappa shape index (κ2) is 6.38. The molecule has 0 aliphatic rings. The normalized spacial score (nSPS) is 11.2. The fourth-order valence-corrected chi connectivity index (χ4v) is 3.91. The van der Waals surface area contributed by atoms with Crippen molar-refractivity contribution in [1.29, 1.82) is 0 Å². The summed E-state index contributed by atoms with van der Waals surface area (Å²) in [6, 6.07) is 14.8. The molecule has 0 saturated carbocycles. The molecule has 0 fully saturated rings. The molecular weight excluding hydrogens is 346 g/mol. The molecule has 1 N–H and O–H groups in total. The first-order chi connectivity index (χ1) is 12.5. The van der Waals surface area contributed by atoms with Crippen molar-refractivity contribution in [2.24, 2.45) is 0 Å². The Kier molecular flexibility index (Phi) is 4.05. The smallest absolute Gasteiger partial charge is 0.246 e. The first-order valence-electron chi connectivity index (χ1n) is 8.29. The van der Waals surface area contributed by atoms with E-state index in [4.69, 9.17) is 0 Å². The molecule has 0 aliphatic heterocycles. The summed E-state index contributed by atoms with van der Waals surface area (Å²) >= 11 is 1.46. The number of carbonyl (C=O) groups excluding carboxylic acids is 1.